The highest BCUT2D eigenvalue weighted by Gasteiger charge is 2.38. The molecule has 0 aromatic carbocycles. The van der Waals surface area contributed by atoms with E-state index >= 15 is 0 Å². The maximum atomic E-state index is 11.3. The summed E-state index contributed by atoms with van der Waals surface area (Å²) in [5.74, 6) is 3.22. The molecule has 14 heavy (non-hydrogen) atoms. The summed E-state index contributed by atoms with van der Waals surface area (Å²) < 4.78 is 15.3. The first-order valence-corrected chi connectivity index (χ1v) is 6.06. The molecule has 3 atom stereocenters. The first kappa shape index (κ1) is 11.7. The Bertz CT molecular complexity index is 269. The normalized spacial score (nSPS) is 32.1. The molecule has 0 saturated heterocycles. The molecule has 1 saturated carbocycles. The number of carboxylic acids is 1. The van der Waals surface area contributed by atoms with Crippen molar-refractivity contribution in [3.05, 3.63) is 0 Å². The lowest BCUT2D eigenvalue weighted by Crippen LogP contribution is -2.26. The smallest absolute Gasteiger partial charge is 0.347 e. The monoisotopic (exact) mass is 223 g/mol. The van der Waals surface area contributed by atoms with Crippen LogP contribution in [0, 0.1) is 5.92 Å². The van der Waals surface area contributed by atoms with Gasteiger partial charge in [0.1, 0.15) is 0 Å². The highest BCUT2D eigenvalue weighted by Crippen LogP contribution is 2.52. The molecule has 0 heterocycles. The summed E-state index contributed by atoms with van der Waals surface area (Å²) in [7, 11) is -3.81. The van der Waals surface area contributed by atoms with Crippen molar-refractivity contribution < 1.29 is 24.0 Å². The van der Waals surface area contributed by atoms with Gasteiger partial charge in [-0.1, -0.05) is 6.42 Å². The van der Waals surface area contributed by atoms with E-state index in [2.05, 4.69) is 4.62 Å². The Kier molecular flexibility index (Phi) is 3.66. The Morgan fingerprint density at radius 1 is 1.50 bits per heavy atom. The minimum absolute atomic E-state index is 0.167. The van der Waals surface area contributed by atoms with Crippen LogP contribution < -0.4 is 5.90 Å². The number of hydrogen-bond donors (Lipinski definition) is 3. The number of carboxylic acid groups (broad SMARTS) is 1. The highest BCUT2D eigenvalue weighted by molar-refractivity contribution is 7.53. The van der Waals surface area contributed by atoms with Crippen LogP contribution >= 0.6 is 7.60 Å². The Labute approximate surface area is 81.5 Å². The standard InChI is InChI=1S/C7H14NO5P/c8-13-14(11,12)6-3-1-2-5(4-6)7(9)10/h5-6H,1-4,8H2,(H,9,10)(H,11,12)/t5-,6+/m1/s1. The molecular formula is C7H14NO5P. The topological polar surface area (TPSA) is 110 Å². The molecule has 0 aromatic rings. The number of nitrogens with two attached hydrogens (primary N) is 1. The van der Waals surface area contributed by atoms with Crippen molar-refractivity contribution in [3.63, 3.8) is 0 Å². The molecule has 1 aliphatic rings. The van der Waals surface area contributed by atoms with Gasteiger partial charge in [-0.2, -0.15) is 0 Å². The molecule has 1 unspecified atom stereocenters. The molecule has 6 nitrogen and oxygen atoms in total. The quantitative estimate of drug-likeness (QED) is 0.480. The van der Waals surface area contributed by atoms with E-state index in [1.54, 1.807) is 0 Å². The SMILES string of the molecule is NOP(=O)(O)[C@H]1CCC[C@@H](C(=O)O)C1. The van der Waals surface area contributed by atoms with Gasteiger partial charge < -0.3 is 10.00 Å². The molecule has 0 bridgehead atoms. The van der Waals surface area contributed by atoms with Gasteiger partial charge in [-0.3, -0.25) is 9.36 Å². The third-order valence-electron chi connectivity index (χ3n) is 2.61. The predicted molar refractivity (Wildman–Crippen MR) is 48.5 cm³/mol. The van der Waals surface area contributed by atoms with Crippen LogP contribution in [0.15, 0.2) is 0 Å². The van der Waals surface area contributed by atoms with Crippen LogP contribution in [0.3, 0.4) is 0 Å². The summed E-state index contributed by atoms with van der Waals surface area (Å²) in [6.45, 7) is 0. The van der Waals surface area contributed by atoms with Gasteiger partial charge in [0.2, 0.25) is 0 Å². The number of hydrogen-bond acceptors (Lipinski definition) is 4. The summed E-state index contributed by atoms with van der Waals surface area (Å²) in [4.78, 5) is 19.9. The lowest BCUT2D eigenvalue weighted by atomic mass is 9.89. The van der Waals surface area contributed by atoms with Crippen LogP contribution in [0.2, 0.25) is 0 Å². The van der Waals surface area contributed by atoms with Crippen molar-refractivity contribution in [1.82, 2.24) is 0 Å². The Morgan fingerprint density at radius 3 is 2.64 bits per heavy atom. The second kappa shape index (κ2) is 4.40. The summed E-state index contributed by atoms with van der Waals surface area (Å²) in [5.41, 5.74) is -0.637. The molecule has 0 spiro atoms. The first-order chi connectivity index (χ1) is 6.47. The largest absolute Gasteiger partial charge is 0.481 e. The van der Waals surface area contributed by atoms with Crippen molar-refractivity contribution >= 4 is 13.6 Å². The Hall–Kier alpha value is -0.420. The van der Waals surface area contributed by atoms with Crippen molar-refractivity contribution in [2.75, 3.05) is 0 Å². The predicted octanol–water partition coefficient (Wildman–Crippen LogP) is 0.706. The van der Waals surface area contributed by atoms with E-state index in [9.17, 15) is 14.3 Å². The number of carbonyl (C=O) groups is 1. The van der Waals surface area contributed by atoms with Gasteiger partial charge in [0, 0.05) is 0 Å². The van der Waals surface area contributed by atoms with Gasteiger partial charge in [0.25, 0.3) is 0 Å². The van der Waals surface area contributed by atoms with Gasteiger partial charge in [0.05, 0.1) is 11.6 Å². The van der Waals surface area contributed by atoms with Gasteiger partial charge >= 0.3 is 13.6 Å². The molecule has 1 fully saturated rings. The summed E-state index contributed by atoms with van der Waals surface area (Å²) in [6.07, 6.45) is 1.83. The maximum Gasteiger partial charge on any atom is 0.347 e. The van der Waals surface area contributed by atoms with E-state index in [4.69, 9.17) is 11.0 Å². The highest BCUT2D eigenvalue weighted by atomic mass is 31.2. The molecule has 7 heteroatoms. The zero-order valence-electron chi connectivity index (χ0n) is 7.63. The first-order valence-electron chi connectivity index (χ1n) is 4.41. The zero-order valence-corrected chi connectivity index (χ0v) is 8.52. The van der Waals surface area contributed by atoms with Crippen molar-refractivity contribution in [2.45, 2.75) is 31.3 Å². The van der Waals surface area contributed by atoms with Gasteiger partial charge in [-0.05, 0) is 19.3 Å². The van der Waals surface area contributed by atoms with Crippen LogP contribution in [0.4, 0.5) is 0 Å². The average Bonchev–Trinajstić information content (AvgIpc) is 2.18. The third-order valence-corrected chi connectivity index (χ3v) is 4.30. The minimum Gasteiger partial charge on any atom is -0.481 e. The fourth-order valence-electron chi connectivity index (χ4n) is 1.77. The molecule has 0 radical (unpaired) electrons. The Morgan fingerprint density at radius 2 is 2.14 bits per heavy atom. The third kappa shape index (κ3) is 2.54. The molecule has 0 amide bonds. The van der Waals surface area contributed by atoms with E-state index < -0.39 is 25.1 Å². The maximum absolute atomic E-state index is 11.3. The molecule has 0 aliphatic heterocycles. The van der Waals surface area contributed by atoms with Crippen molar-refractivity contribution in [3.8, 4) is 0 Å². The van der Waals surface area contributed by atoms with Gasteiger partial charge in [-0.15, -0.1) is 0 Å². The van der Waals surface area contributed by atoms with Crippen LogP contribution in [0.1, 0.15) is 25.7 Å². The fourth-order valence-corrected chi connectivity index (χ4v) is 2.97. The van der Waals surface area contributed by atoms with Gasteiger partial charge in [0.15, 0.2) is 0 Å². The lowest BCUT2D eigenvalue weighted by Gasteiger charge is -2.28. The molecule has 4 N–H and O–H groups in total. The zero-order chi connectivity index (χ0) is 10.8. The van der Waals surface area contributed by atoms with Gasteiger partial charge in [-0.25, -0.2) is 10.5 Å². The molecule has 82 valence electrons. The fraction of sp³-hybridized carbons (Fsp3) is 0.857. The van der Waals surface area contributed by atoms with E-state index in [0.717, 1.165) is 0 Å². The Balaban J connectivity index is 2.65. The number of rotatable bonds is 3. The van der Waals surface area contributed by atoms with E-state index in [1.807, 2.05) is 0 Å². The second-order valence-electron chi connectivity index (χ2n) is 3.53. The summed E-state index contributed by atoms with van der Waals surface area (Å²) >= 11 is 0. The second-order valence-corrected chi connectivity index (χ2v) is 5.59. The van der Waals surface area contributed by atoms with Crippen LogP contribution in [0.25, 0.3) is 0 Å². The number of aliphatic carboxylic acids is 1. The summed E-state index contributed by atoms with van der Waals surface area (Å²) in [5, 5.41) is 8.75. The summed E-state index contributed by atoms with van der Waals surface area (Å²) in [6, 6.07) is 0. The minimum atomic E-state index is -3.81. The van der Waals surface area contributed by atoms with Crippen LogP contribution in [-0.4, -0.2) is 21.6 Å². The lowest BCUT2D eigenvalue weighted by molar-refractivity contribution is -0.142. The molecule has 1 rings (SSSR count). The van der Waals surface area contributed by atoms with Crippen LogP contribution in [-0.2, 0) is 14.0 Å². The van der Waals surface area contributed by atoms with Crippen molar-refractivity contribution in [1.29, 1.82) is 0 Å². The molecular weight excluding hydrogens is 209 g/mol. The van der Waals surface area contributed by atoms with E-state index in [0.29, 0.717) is 19.3 Å². The van der Waals surface area contributed by atoms with Crippen molar-refractivity contribution in [2.24, 2.45) is 11.8 Å². The molecule has 1 aliphatic carbocycles. The van der Waals surface area contributed by atoms with Crippen LogP contribution in [0.5, 0.6) is 0 Å². The average molecular weight is 223 g/mol. The molecule has 0 aromatic heterocycles. The van der Waals surface area contributed by atoms with E-state index in [1.165, 1.54) is 0 Å². The van der Waals surface area contributed by atoms with E-state index in [-0.39, 0.29) is 6.42 Å².